The molecule has 1 unspecified atom stereocenters. The van der Waals surface area contributed by atoms with Crippen molar-refractivity contribution in [2.24, 2.45) is 0 Å². The Kier molecular flexibility index (Phi) is 4.52. The zero-order valence-electron chi connectivity index (χ0n) is 15.2. The van der Waals surface area contributed by atoms with Crippen LogP contribution in [0.2, 0.25) is 0 Å². The molecule has 0 radical (unpaired) electrons. The fourth-order valence-electron chi connectivity index (χ4n) is 3.70. The Hall–Kier alpha value is -2.22. The average Bonchev–Trinajstić information content (AvgIpc) is 3.22. The van der Waals surface area contributed by atoms with Crippen molar-refractivity contribution < 1.29 is 18.5 Å². The molecule has 1 atom stereocenters. The third-order valence-corrected chi connectivity index (χ3v) is 5.43. The molecule has 2 fully saturated rings. The standard InChI is InChI=1S/C18H24N4O4/c1-12-14(25-11-19-12)16(23)22-8-3-6-18(10-22,7-9-24-2)17-20-15(26-21-17)13-4-5-13/h11,13H,3-10H2,1-2H3. The zero-order valence-corrected chi connectivity index (χ0v) is 15.2. The average molecular weight is 360 g/mol. The van der Waals surface area contributed by atoms with E-state index < -0.39 is 0 Å². The summed E-state index contributed by atoms with van der Waals surface area (Å²) in [7, 11) is 1.68. The molecule has 2 aliphatic rings. The summed E-state index contributed by atoms with van der Waals surface area (Å²) in [6, 6.07) is 0. The second-order valence-corrected chi connectivity index (χ2v) is 7.35. The summed E-state index contributed by atoms with van der Waals surface area (Å²) in [5.41, 5.74) is 0.257. The van der Waals surface area contributed by atoms with Crippen LogP contribution in [-0.2, 0) is 10.2 Å². The number of ether oxygens (including phenoxy) is 1. The maximum Gasteiger partial charge on any atom is 0.291 e. The van der Waals surface area contributed by atoms with Crippen LogP contribution in [-0.4, -0.2) is 52.7 Å². The van der Waals surface area contributed by atoms with Gasteiger partial charge in [0.15, 0.2) is 12.2 Å². The molecule has 8 nitrogen and oxygen atoms in total. The number of hydrogen-bond donors (Lipinski definition) is 0. The van der Waals surface area contributed by atoms with Gasteiger partial charge in [-0.3, -0.25) is 4.79 Å². The summed E-state index contributed by atoms with van der Waals surface area (Å²) >= 11 is 0. The molecule has 0 N–H and O–H groups in total. The summed E-state index contributed by atoms with van der Waals surface area (Å²) in [4.78, 5) is 23.4. The number of aromatic nitrogens is 3. The lowest BCUT2D eigenvalue weighted by atomic mass is 9.76. The highest BCUT2D eigenvalue weighted by atomic mass is 16.5. The number of carbonyl (C=O) groups excluding carboxylic acids is 1. The van der Waals surface area contributed by atoms with Crippen molar-refractivity contribution in [1.82, 2.24) is 20.0 Å². The van der Waals surface area contributed by atoms with E-state index in [4.69, 9.17) is 13.7 Å². The second-order valence-electron chi connectivity index (χ2n) is 7.35. The Morgan fingerprint density at radius 3 is 3.00 bits per heavy atom. The van der Waals surface area contributed by atoms with E-state index in [9.17, 15) is 4.79 Å². The number of methoxy groups -OCH3 is 1. The number of likely N-dealkylation sites (tertiary alicyclic amines) is 1. The van der Waals surface area contributed by atoms with Crippen molar-refractivity contribution >= 4 is 5.91 Å². The lowest BCUT2D eigenvalue weighted by Crippen LogP contribution is -2.49. The van der Waals surface area contributed by atoms with Crippen molar-refractivity contribution in [3.05, 3.63) is 29.6 Å². The molecule has 1 saturated heterocycles. The molecule has 3 heterocycles. The van der Waals surface area contributed by atoms with Crippen LogP contribution in [0.5, 0.6) is 0 Å². The van der Waals surface area contributed by atoms with Crippen molar-refractivity contribution in [2.75, 3.05) is 26.8 Å². The molecule has 8 heteroatoms. The monoisotopic (exact) mass is 360 g/mol. The van der Waals surface area contributed by atoms with E-state index in [0.717, 1.165) is 38.0 Å². The normalized spacial score (nSPS) is 23.4. The van der Waals surface area contributed by atoms with E-state index in [-0.39, 0.29) is 11.3 Å². The lowest BCUT2D eigenvalue weighted by Gasteiger charge is -2.40. The molecule has 2 aromatic heterocycles. The molecule has 26 heavy (non-hydrogen) atoms. The maximum absolute atomic E-state index is 12.9. The van der Waals surface area contributed by atoms with E-state index in [1.807, 2.05) is 4.90 Å². The van der Waals surface area contributed by atoms with Gasteiger partial charge in [-0.25, -0.2) is 4.98 Å². The first-order chi connectivity index (χ1) is 12.6. The van der Waals surface area contributed by atoms with Crippen LogP contribution in [0, 0.1) is 6.92 Å². The number of hydrogen-bond acceptors (Lipinski definition) is 7. The van der Waals surface area contributed by atoms with Crippen LogP contribution >= 0.6 is 0 Å². The first-order valence-electron chi connectivity index (χ1n) is 9.15. The van der Waals surface area contributed by atoms with Crippen molar-refractivity contribution in [2.45, 2.75) is 50.4 Å². The Bertz CT molecular complexity index is 782. The summed E-state index contributed by atoms with van der Waals surface area (Å²) in [5, 5.41) is 4.28. The lowest BCUT2D eigenvalue weighted by molar-refractivity contribution is 0.0537. The predicted octanol–water partition coefficient (Wildman–Crippen LogP) is 2.45. The van der Waals surface area contributed by atoms with Crippen LogP contribution < -0.4 is 0 Å². The number of amides is 1. The molecule has 140 valence electrons. The third kappa shape index (κ3) is 3.13. The number of piperidine rings is 1. The quantitative estimate of drug-likeness (QED) is 0.781. The first-order valence-corrected chi connectivity index (χ1v) is 9.15. The van der Waals surface area contributed by atoms with Gasteiger partial charge < -0.3 is 18.6 Å². The predicted molar refractivity (Wildman–Crippen MR) is 90.8 cm³/mol. The van der Waals surface area contributed by atoms with Gasteiger partial charge in [-0.15, -0.1) is 0 Å². The van der Waals surface area contributed by atoms with Gasteiger partial charge in [-0.05, 0) is 39.0 Å². The number of rotatable bonds is 6. The van der Waals surface area contributed by atoms with Gasteiger partial charge >= 0.3 is 0 Å². The van der Waals surface area contributed by atoms with Crippen LogP contribution in [0.3, 0.4) is 0 Å². The minimum atomic E-state index is -0.353. The Balaban J connectivity index is 1.60. The summed E-state index contributed by atoms with van der Waals surface area (Å²) in [6.45, 7) is 3.57. The SMILES string of the molecule is COCCC1(c2noc(C3CC3)n2)CCCN(C(=O)c2ocnc2C)C1. The van der Waals surface area contributed by atoms with Gasteiger partial charge in [0.2, 0.25) is 11.7 Å². The van der Waals surface area contributed by atoms with Crippen LogP contribution in [0.1, 0.15) is 66.0 Å². The highest BCUT2D eigenvalue weighted by molar-refractivity contribution is 5.92. The van der Waals surface area contributed by atoms with E-state index in [0.29, 0.717) is 42.9 Å². The molecule has 1 amide bonds. The highest BCUT2D eigenvalue weighted by Crippen LogP contribution is 2.41. The molecular weight excluding hydrogens is 336 g/mol. The molecule has 1 aliphatic carbocycles. The van der Waals surface area contributed by atoms with E-state index in [2.05, 4.69) is 15.1 Å². The Morgan fingerprint density at radius 2 is 2.31 bits per heavy atom. The van der Waals surface area contributed by atoms with Gasteiger partial charge in [0.1, 0.15) is 0 Å². The number of carbonyl (C=O) groups is 1. The van der Waals surface area contributed by atoms with Gasteiger partial charge in [-0.2, -0.15) is 4.98 Å². The summed E-state index contributed by atoms with van der Waals surface area (Å²) in [6.07, 6.45) is 6.05. The third-order valence-electron chi connectivity index (χ3n) is 5.43. The van der Waals surface area contributed by atoms with Crippen LogP contribution in [0.4, 0.5) is 0 Å². The van der Waals surface area contributed by atoms with Crippen molar-refractivity contribution in [3.8, 4) is 0 Å². The zero-order chi connectivity index (χ0) is 18.1. The number of aryl methyl sites for hydroxylation is 1. The fourth-order valence-corrected chi connectivity index (χ4v) is 3.70. The molecule has 0 aromatic carbocycles. The molecule has 4 rings (SSSR count). The topological polar surface area (TPSA) is 94.5 Å². The fraction of sp³-hybridized carbons (Fsp3) is 0.667. The van der Waals surface area contributed by atoms with Gasteiger partial charge in [0, 0.05) is 32.7 Å². The number of oxazole rings is 1. The number of nitrogens with zero attached hydrogens (tertiary/aromatic N) is 4. The molecule has 0 bridgehead atoms. The first kappa shape index (κ1) is 17.2. The second kappa shape index (κ2) is 6.83. The van der Waals surface area contributed by atoms with Gasteiger partial charge in [0.25, 0.3) is 5.91 Å². The van der Waals surface area contributed by atoms with Crippen molar-refractivity contribution in [1.29, 1.82) is 0 Å². The van der Waals surface area contributed by atoms with Crippen LogP contribution in [0.15, 0.2) is 15.3 Å². The summed E-state index contributed by atoms with van der Waals surface area (Å²) < 4.78 is 16.1. The molecule has 2 aromatic rings. The minimum absolute atomic E-state index is 0.132. The molecular formula is C18H24N4O4. The minimum Gasteiger partial charge on any atom is -0.438 e. The van der Waals surface area contributed by atoms with Gasteiger partial charge in [0.05, 0.1) is 11.1 Å². The molecule has 1 aliphatic heterocycles. The van der Waals surface area contributed by atoms with E-state index >= 15 is 0 Å². The van der Waals surface area contributed by atoms with E-state index in [1.165, 1.54) is 6.39 Å². The Morgan fingerprint density at radius 1 is 1.46 bits per heavy atom. The molecule has 1 saturated carbocycles. The smallest absolute Gasteiger partial charge is 0.291 e. The Labute approximate surface area is 151 Å². The largest absolute Gasteiger partial charge is 0.438 e. The maximum atomic E-state index is 12.9. The van der Waals surface area contributed by atoms with Gasteiger partial charge in [-0.1, -0.05) is 5.16 Å². The highest BCUT2D eigenvalue weighted by Gasteiger charge is 2.44. The van der Waals surface area contributed by atoms with E-state index in [1.54, 1.807) is 14.0 Å². The van der Waals surface area contributed by atoms with Crippen LogP contribution in [0.25, 0.3) is 0 Å². The summed E-state index contributed by atoms with van der Waals surface area (Å²) in [5.74, 6) is 2.01. The molecule has 0 spiro atoms. The van der Waals surface area contributed by atoms with Crippen molar-refractivity contribution in [3.63, 3.8) is 0 Å².